The number of rotatable bonds is 7. The van der Waals surface area contributed by atoms with Crippen LogP contribution in [0.3, 0.4) is 0 Å². The van der Waals surface area contributed by atoms with Gasteiger partial charge in [-0.3, -0.25) is 4.57 Å². The summed E-state index contributed by atoms with van der Waals surface area (Å²) in [6.07, 6.45) is 0.605. The zero-order valence-corrected chi connectivity index (χ0v) is 17.1. The summed E-state index contributed by atoms with van der Waals surface area (Å²) >= 11 is 0. The third-order valence-electron chi connectivity index (χ3n) is 5.41. The molecule has 0 bridgehead atoms. The number of fused-ring (bicyclic) bond motifs is 3. The van der Waals surface area contributed by atoms with Gasteiger partial charge in [0.2, 0.25) is 0 Å². The van der Waals surface area contributed by atoms with Crippen LogP contribution in [0.25, 0.3) is 21.9 Å². The quantitative estimate of drug-likeness (QED) is 0.575. The topological polar surface area (TPSA) is 79.0 Å². The highest BCUT2D eigenvalue weighted by atomic mass is 19.4. The van der Waals surface area contributed by atoms with Gasteiger partial charge in [0.25, 0.3) is 0 Å². The second-order valence-electron chi connectivity index (χ2n) is 7.62. The average Bonchev–Trinajstić information content (AvgIpc) is 3.35. The van der Waals surface area contributed by atoms with E-state index in [1.807, 2.05) is 17.6 Å². The zero-order valence-electron chi connectivity index (χ0n) is 17.1. The van der Waals surface area contributed by atoms with E-state index in [-0.39, 0.29) is 6.04 Å². The van der Waals surface area contributed by atoms with E-state index < -0.39 is 12.7 Å². The maximum absolute atomic E-state index is 12.6. The minimum atomic E-state index is -4.23. The van der Waals surface area contributed by atoms with Gasteiger partial charge in [-0.2, -0.15) is 18.4 Å². The van der Waals surface area contributed by atoms with E-state index >= 15 is 0 Å². The number of anilines is 1. The SMILES string of the molecule is CCCOCn1c2cnc(C#N)cc2c2c(N3CCC(NCC(F)(F)F)C3)ccnc21. The molecule has 3 aromatic rings. The Kier molecular flexibility index (Phi) is 5.98. The molecule has 0 spiro atoms. The van der Waals surface area contributed by atoms with Gasteiger partial charge in [-0.1, -0.05) is 6.92 Å². The van der Waals surface area contributed by atoms with Crippen molar-refractivity contribution < 1.29 is 17.9 Å². The van der Waals surface area contributed by atoms with Gasteiger partial charge in [-0.15, -0.1) is 0 Å². The van der Waals surface area contributed by atoms with Crippen LogP contribution in [0.15, 0.2) is 24.5 Å². The van der Waals surface area contributed by atoms with Gasteiger partial charge < -0.3 is 15.0 Å². The van der Waals surface area contributed by atoms with Gasteiger partial charge in [0, 0.05) is 43.0 Å². The molecule has 4 rings (SSSR count). The molecule has 4 heterocycles. The lowest BCUT2D eigenvalue weighted by molar-refractivity contribution is -0.125. The Bertz CT molecular complexity index is 1120. The van der Waals surface area contributed by atoms with Crippen LogP contribution in [-0.2, 0) is 11.5 Å². The number of hydrogen-bond acceptors (Lipinski definition) is 6. The molecule has 0 aliphatic carbocycles. The summed E-state index contributed by atoms with van der Waals surface area (Å²) in [5.41, 5.74) is 2.68. The van der Waals surface area contributed by atoms with Crippen LogP contribution in [0.4, 0.5) is 18.9 Å². The lowest BCUT2D eigenvalue weighted by Crippen LogP contribution is -2.38. The largest absolute Gasteiger partial charge is 0.401 e. The summed E-state index contributed by atoms with van der Waals surface area (Å²) in [4.78, 5) is 10.8. The van der Waals surface area contributed by atoms with E-state index in [4.69, 9.17) is 4.74 Å². The molecule has 1 unspecified atom stereocenters. The first-order chi connectivity index (χ1) is 14.9. The zero-order chi connectivity index (χ0) is 22.0. The fourth-order valence-corrected chi connectivity index (χ4v) is 4.04. The van der Waals surface area contributed by atoms with Crippen molar-refractivity contribution in [2.75, 3.05) is 31.1 Å². The van der Waals surface area contributed by atoms with Gasteiger partial charge >= 0.3 is 6.18 Å². The first-order valence-corrected chi connectivity index (χ1v) is 10.2. The van der Waals surface area contributed by atoms with Crippen LogP contribution >= 0.6 is 0 Å². The Labute approximate surface area is 177 Å². The van der Waals surface area contributed by atoms with Gasteiger partial charge in [0.15, 0.2) is 0 Å². The molecule has 0 saturated carbocycles. The number of pyridine rings is 2. The summed E-state index contributed by atoms with van der Waals surface area (Å²) in [6, 6.07) is 5.43. The van der Waals surface area contributed by atoms with Crippen molar-refractivity contribution in [2.45, 2.75) is 38.7 Å². The fraction of sp³-hybridized carbons (Fsp3) is 0.476. The Morgan fingerprint density at radius 3 is 2.94 bits per heavy atom. The molecule has 1 N–H and O–H groups in total. The highest BCUT2D eigenvalue weighted by Gasteiger charge is 2.31. The van der Waals surface area contributed by atoms with Gasteiger partial charge in [-0.05, 0) is 25.0 Å². The van der Waals surface area contributed by atoms with E-state index in [9.17, 15) is 18.4 Å². The minimum Gasteiger partial charge on any atom is -0.369 e. The number of hydrogen-bond donors (Lipinski definition) is 1. The van der Waals surface area contributed by atoms with Crippen molar-refractivity contribution in [3.8, 4) is 6.07 Å². The minimum absolute atomic E-state index is 0.248. The standard InChI is InChI=1S/C21H23F3N6O/c1-2-7-31-13-30-18-10-27-15(9-25)8-16(18)19-17(3-5-26-20(19)30)29-6-4-14(11-29)28-12-21(22,23)24/h3,5,8,10,14,28H,2,4,6-7,11-13H2,1H3. The maximum Gasteiger partial charge on any atom is 0.401 e. The molecule has 1 aliphatic rings. The van der Waals surface area contributed by atoms with E-state index in [2.05, 4.69) is 26.3 Å². The second kappa shape index (κ2) is 8.69. The molecule has 0 amide bonds. The lowest BCUT2D eigenvalue weighted by atomic mass is 10.1. The lowest BCUT2D eigenvalue weighted by Gasteiger charge is -2.20. The van der Waals surface area contributed by atoms with Crippen LogP contribution in [0.5, 0.6) is 0 Å². The van der Waals surface area contributed by atoms with Crippen LogP contribution in [0, 0.1) is 11.3 Å². The van der Waals surface area contributed by atoms with Crippen LogP contribution < -0.4 is 10.2 Å². The second-order valence-corrected chi connectivity index (χ2v) is 7.62. The van der Waals surface area contributed by atoms with E-state index in [0.29, 0.717) is 44.2 Å². The van der Waals surface area contributed by atoms with Crippen molar-refractivity contribution >= 4 is 27.6 Å². The number of halogens is 3. The van der Waals surface area contributed by atoms with Crippen LogP contribution in [-0.4, -0.2) is 53.0 Å². The molecule has 1 aliphatic heterocycles. The highest BCUT2D eigenvalue weighted by Crippen LogP contribution is 2.36. The smallest absolute Gasteiger partial charge is 0.369 e. The number of alkyl halides is 3. The number of nitrogens with one attached hydrogen (secondary N) is 1. The molecule has 7 nitrogen and oxygen atoms in total. The summed E-state index contributed by atoms with van der Waals surface area (Å²) in [5.74, 6) is 0. The van der Waals surface area contributed by atoms with E-state index in [0.717, 1.165) is 28.4 Å². The summed E-state index contributed by atoms with van der Waals surface area (Å²) in [7, 11) is 0. The predicted molar refractivity (Wildman–Crippen MR) is 111 cm³/mol. The Hall–Kier alpha value is -2.90. The number of nitriles is 1. The summed E-state index contributed by atoms with van der Waals surface area (Å²) in [6.45, 7) is 3.02. The molecule has 1 saturated heterocycles. The van der Waals surface area contributed by atoms with Crippen molar-refractivity contribution in [2.24, 2.45) is 0 Å². The maximum atomic E-state index is 12.6. The Morgan fingerprint density at radius 2 is 2.19 bits per heavy atom. The summed E-state index contributed by atoms with van der Waals surface area (Å²) in [5, 5.41) is 13.6. The van der Waals surface area contributed by atoms with Crippen molar-refractivity contribution in [3.05, 3.63) is 30.2 Å². The molecule has 164 valence electrons. The van der Waals surface area contributed by atoms with Gasteiger partial charge in [0.1, 0.15) is 24.1 Å². The Morgan fingerprint density at radius 1 is 1.35 bits per heavy atom. The molecule has 0 aromatic carbocycles. The van der Waals surface area contributed by atoms with Crippen molar-refractivity contribution in [1.29, 1.82) is 5.26 Å². The number of ether oxygens (including phenoxy) is 1. The molecule has 3 aromatic heterocycles. The molecule has 1 fully saturated rings. The first-order valence-electron chi connectivity index (χ1n) is 10.2. The number of nitrogens with zero attached hydrogens (tertiary/aromatic N) is 5. The van der Waals surface area contributed by atoms with Crippen LogP contribution in [0.2, 0.25) is 0 Å². The van der Waals surface area contributed by atoms with Gasteiger partial charge in [-0.25, -0.2) is 9.97 Å². The molecule has 10 heteroatoms. The first kappa shape index (κ1) is 21.3. The fourth-order valence-electron chi connectivity index (χ4n) is 4.04. The molecular formula is C21H23F3N6O. The van der Waals surface area contributed by atoms with E-state index in [1.165, 1.54) is 0 Å². The normalized spacial score (nSPS) is 17.0. The average molecular weight is 432 g/mol. The van der Waals surface area contributed by atoms with Crippen molar-refractivity contribution in [3.63, 3.8) is 0 Å². The van der Waals surface area contributed by atoms with Crippen LogP contribution in [0.1, 0.15) is 25.5 Å². The third kappa shape index (κ3) is 4.43. The molecule has 0 radical (unpaired) electrons. The predicted octanol–water partition coefficient (Wildman–Crippen LogP) is 3.57. The monoisotopic (exact) mass is 432 g/mol. The molecule has 31 heavy (non-hydrogen) atoms. The van der Waals surface area contributed by atoms with Gasteiger partial charge in [0.05, 0.1) is 23.6 Å². The van der Waals surface area contributed by atoms with Crippen molar-refractivity contribution in [1.82, 2.24) is 19.9 Å². The molecular weight excluding hydrogens is 409 g/mol. The van der Waals surface area contributed by atoms with E-state index in [1.54, 1.807) is 18.5 Å². The Balaban J connectivity index is 1.73. The third-order valence-corrected chi connectivity index (χ3v) is 5.41. The summed E-state index contributed by atoms with van der Waals surface area (Å²) < 4.78 is 45.4. The number of aromatic nitrogens is 3. The molecule has 1 atom stereocenters. The highest BCUT2D eigenvalue weighted by molar-refractivity contribution is 6.12.